The number of rotatable bonds is 19. The van der Waals surface area contributed by atoms with Crippen LogP contribution in [0.25, 0.3) is 0 Å². The Labute approximate surface area is 171 Å². The quantitative estimate of drug-likeness (QED) is 0.267. The van der Waals surface area contributed by atoms with Crippen molar-refractivity contribution < 1.29 is 38.0 Å². The van der Waals surface area contributed by atoms with Crippen molar-refractivity contribution >= 4 is 12.4 Å². The van der Waals surface area contributed by atoms with Gasteiger partial charge in [-0.25, -0.2) is 4.79 Å². The summed E-state index contributed by atoms with van der Waals surface area (Å²) in [6, 6.07) is 9.48. The Morgan fingerprint density at radius 3 is 1.83 bits per heavy atom. The summed E-state index contributed by atoms with van der Waals surface area (Å²) in [6.45, 7) is 4.69. The van der Waals surface area contributed by atoms with Crippen molar-refractivity contribution in [1.82, 2.24) is 5.32 Å². The van der Waals surface area contributed by atoms with E-state index in [0.29, 0.717) is 72.3 Å². The van der Waals surface area contributed by atoms with Gasteiger partial charge in [0.1, 0.15) is 19.5 Å². The van der Waals surface area contributed by atoms with Gasteiger partial charge in [-0.3, -0.25) is 0 Å². The van der Waals surface area contributed by atoms with E-state index >= 15 is 0 Å². The molecule has 0 aliphatic carbocycles. The summed E-state index contributed by atoms with van der Waals surface area (Å²) in [5.41, 5.74) is 0.938. The first-order chi connectivity index (χ1) is 14.3. The van der Waals surface area contributed by atoms with Crippen molar-refractivity contribution in [3.63, 3.8) is 0 Å². The molecule has 0 saturated heterocycles. The van der Waals surface area contributed by atoms with E-state index in [1.54, 1.807) is 0 Å². The van der Waals surface area contributed by atoms with E-state index < -0.39 is 6.09 Å². The number of carbonyl (C=O) groups is 2. The molecule has 9 nitrogen and oxygen atoms in total. The van der Waals surface area contributed by atoms with Gasteiger partial charge in [0, 0.05) is 6.54 Å². The van der Waals surface area contributed by atoms with Gasteiger partial charge in [-0.2, -0.15) is 0 Å². The second kappa shape index (κ2) is 19.3. The van der Waals surface area contributed by atoms with Crippen LogP contribution in [0.15, 0.2) is 30.3 Å². The van der Waals surface area contributed by atoms with Crippen LogP contribution in [0.3, 0.4) is 0 Å². The molecule has 1 amide bonds. The van der Waals surface area contributed by atoms with E-state index in [4.69, 9.17) is 28.4 Å². The number of carbonyl (C=O) groups excluding carboxylic acids is 2. The lowest BCUT2D eigenvalue weighted by atomic mass is 10.2. The van der Waals surface area contributed by atoms with Gasteiger partial charge in [0.15, 0.2) is 0 Å². The minimum absolute atomic E-state index is 0.0960. The minimum atomic E-state index is -0.469. The lowest BCUT2D eigenvalue weighted by Crippen LogP contribution is -2.28. The van der Waals surface area contributed by atoms with E-state index in [9.17, 15) is 9.59 Å². The average molecular weight is 413 g/mol. The normalized spacial score (nSPS) is 10.6. The van der Waals surface area contributed by atoms with Gasteiger partial charge in [-0.1, -0.05) is 30.3 Å². The minimum Gasteiger partial charge on any atom is -0.445 e. The number of alkyl carbamates (subject to hydrolysis) is 1. The number of aldehydes is 1. The molecular formula is C20H31NO8. The van der Waals surface area contributed by atoms with Crippen LogP contribution < -0.4 is 5.32 Å². The second-order valence-corrected chi connectivity index (χ2v) is 5.68. The Bertz CT molecular complexity index is 514. The van der Waals surface area contributed by atoms with Crippen LogP contribution in [-0.2, 0) is 39.8 Å². The highest BCUT2D eigenvalue weighted by Crippen LogP contribution is 2.00. The maximum atomic E-state index is 11.5. The largest absolute Gasteiger partial charge is 0.445 e. The second-order valence-electron chi connectivity index (χ2n) is 5.68. The number of hydrogen-bond acceptors (Lipinski definition) is 8. The zero-order valence-corrected chi connectivity index (χ0v) is 16.7. The molecule has 0 heterocycles. The molecule has 0 saturated carbocycles. The van der Waals surface area contributed by atoms with Gasteiger partial charge in [-0.15, -0.1) is 0 Å². The molecule has 0 bridgehead atoms. The van der Waals surface area contributed by atoms with E-state index in [2.05, 4.69) is 5.32 Å². The summed E-state index contributed by atoms with van der Waals surface area (Å²) in [5, 5.41) is 2.62. The van der Waals surface area contributed by atoms with Crippen LogP contribution in [0.1, 0.15) is 5.56 Å². The van der Waals surface area contributed by atoms with Crippen molar-refractivity contribution in [2.75, 3.05) is 72.6 Å². The summed E-state index contributed by atoms with van der Waals surface area (Å²) < 4.78 is 31.3. The molecule has 1 aromatic carbocycles. The van der Waals surface area contributed by atoms with Crippen LogP contribution in [-0.4, -0.2) is 85.0 Å². The van der Waals surface area contributed by atoms with Gasteiger partial charge >= 0.3 is 6.09 Å². The fourth-order valence-electron chi connectivity index (χ4n) is 2.01. The van der Waals surface area contributed by atoms with Crippen LogP contribution in [0.4, 0.5) is 4.79 Å². The van der Waals surface area contributed by atoms with Crippen LogP contribution >= 0.6 is 0 Å². The Morgan fingerprint density at radius 1 is 0.759 bits per heavy atom. The topological polar surface area (TPSA) is 102 Å². The average Bonchev–Trinajstić information content (AvgIpc) is 2.75. The Hall–Kier alpha value is -2.04. The Balaban J connectivity index is 1.74. The highest BCUT2D eigenvalue weighted by molar-refractivity contribution is 5.67. The highest BCUT2D eigenvalue weighted by atomic mass is 16.6. The molecule has 0 aliphatic heterocycles. The summed E-state index contributed by atoms with van der Waals surface area (Å²) in [6.07, 6.45) is 0.234. The molecule has 0 aliphatic rings. The molecule has 0 fully saturated rings. The number of hydrogen-bond donors (Lipinski definition) is 1. The third-order valence-corrected chi connectivity index (χ3v) is 3.40. The molecular weight excluding hydrogens is 382 g/mol. The van der Waals surface area contributed by atoms with E-state index in [0.717, 1.165) is 5.56 Å². The zero-order valence-electron chi connectivity index (χ0n) is 16.7. The summed E-state index contributed by atoms with van der Waals surface area (Å²) in [4.78, 5) is 21.5. The molecule has 1 N–H and O–H groups in total. The summed E-state index contributed by atoms with van der Waals surface area (Å²) in [5.74, 6) is 0. The molecule has 0 unspecified atom stereocenters. The molecule has 0 atom stereocenters. The number of nitrogens with one attached hydrogen (secondary N) is 1. The molecule has 164 valence electrons. The predicted molar refractivity (Wildman–Crippen MR) is 105 cm³/mol. The first kappa shape index (κ1) is 25.0. The maximum absolute atomic E-state index is 11.5. The SMILES string of the molecule is O=CCOCCOCCOCCOCCOCCNC(=O)OCc1ccccc1. The maximum Gasteiger partial charge on any atom is 0.407 e. The number of amides is 1. The van der Waals surface area contributed by atoms with Gasteiger partial charge in [0.2, 0.25) is 0 Å². The molecule has 29 heavy (non-hydrogen) atoms. The van der Waals surface area contributed by atoms with Crippen molar-refractivity contribution in [3.05, 3.63) is 35.9 Å². The first-order valence-electron chi connectivity index (χ1n) is 9.60. The van der Waals surface area contributed by atoms with Crippen molar-refractivity contribution in [1.29, 1.82) is 0 Å². The monoisotopic (exact) mass is 413 g/mol. The third-order valence-electron chi connectivity index (χ3n) is 3.40. The van der Waals surface area contributed by atoms with Crippen molar-refractivity contribution in [3.8, 4) is 0 Å². The highest BCUT2D eigenvalue weighted by Gasteiger charge is 2.01. The molecule has 1 rings (SSSR count). The summed E-state index contributed by atoms with van der Waals surface area (Å²) >= 11 is 0. The predicted octanol–water partition coefficient (Wildman–Crippen LogP) is 1.19. The zero-order chi connectivity index (χ0) is 20.8. The van der Waals surface area contributed by atoms with E-state index in [1.165, 1.54) is 0 Å². The molecule has 1 aromatic rings. The van der Waals surface area contributed by atoms with Crippen molar-refractivity contribution in [2.24, 2.45) is 0 Å². The lowest BCUT2D eigenvalue weighted by Gasteiger charge is -2.09. The Kier molecular flexibility index (Phi) is 16.6. The van der Waals surface area contributed by atoms with Gasteiger partial charge in [-0.05, 0) is 5.56 Å². The lowest BCUT2D eigenvalue weighted by molar-refractivity contribution is -0.112. The standard InChI is InChI=1S/C20H31NO8/c22-7-9-25-11-13-27-15-17-28-16-14-26-12-10-24-8-6-21-20(23)29-18-19-4-2-1-3-5-19/h1-5,7H,6,8-18H2,(H,21,23). The fraction of sp³-hybridized carbons (Fsp3) is 0.600. The van der Waals surface area contributed by atoms with Crippen LogP contribution in [0, 0.1) is 0 Å². The molecule has 0 aromatic heterocycles. The van der Waals surface area contributed by atoms with Gasteiger partial charge in [0.25, 0.3) is 0 Å². The molecule has 9 heteroatoms. The van der Waals surface area contributed by atoms with Gasteiger partial charge < -0.3 is 38.5 Å². The smallest absolute Gasteiger partial charge is 0.407 e. The number of benzene rings is 1. The van der Waals surface area contributed by atoms with Crippen LogP contribution in [0.5, 0.6) is 0 Å². The summed E-state index contributed by atoms with van der Waals surface area (Å²) in [7, 11) is 0. The van der Waals surface area contributed by atoms with E-state index in [1.807, 2.05) is 30.3 Å². The molecule has 0 spiro atoms. The Morgan fingerprint density at radius 2 is 1.28 bits per heavy atom. The first-order valence-corrected chi connectivity index (χ1v) is 9.60. The van der Waals surface area contributed by atoms with Crippen LogP contribution in [0.2, 0.25) is 0 Å². The van der Waals surface area contributed by atoms with Gasteiger partial charge in [0.05, 0.1) is 59.5 Å². The number of ether oxygens (including phenoxy) is 6. The third kappa shape index (κ3) is 16.6. The van der Waals surface area contributed by atoms with E-state index in [-0.39, 0.29) is 13.2 Å². The molecule has 0 radical (unpaired) electrons. The van der Waals surface area contributed by atoms with Crippen molar-refractivity contribution in [2.45, 2.75) is 6.61 Å². The fourth-order valence-corrected chi connectivity index (χ4v) is 2.01.